The van der Waals surface area contributed by atoms with E-state index in [4.69, 9.17) is 10.5 Å². The molecule has 126 valence electrons. The predicted octanol–water partition coefficient (Wildman–Crippen LogP) is -0.579. The number of aliphatic hydroxyl groups is 2. The van der Waals surface area contributed by atoms with E-state index >= 15 is 0 Å². The summed E-state index contributed by atoms with van der Waals surface area (Å²) in [5, 5.41) is 19.2. The molecular weight excluding hydrogens is 310 g/mol. The van der Waals surface area contributed by atoms with E-state index in [0.29, 0.717) is 24.6 Å². The normalized spacial score (nSPS) is 35.0. The second-order valence-electron chi connectivity index (χ2n) is 6.06. The molecule has 0 amide bonds. The highest BCUT2D eigenvalue weighted by Crippen LogP contribution is 2.32. The van der Waals surface area contributed by atoms with Crippen molar-refractivity contribution >= 4 is 17.9 Å². The Bertz CT molecular complexity index is 720. The highest BCUT2D eigenvalue weighted by molar-refractivity contribution is 6.47. The van der Waals surface area contributed by atoms with E-state index in [0.717, 1.165) is 5.56 Å². The van der Waals surface area contributed by atoms with E-state index in [1.807, 2.05) is 35.2 Å². The van der Waals surface area contributed by atoms with E-state index in [2.05, 4.69) is 15.0 Å². The van der Waals surface area contributed by atoms with E-state index in [1.54, 1.807) is 0 Å². The molecule has 8 heteroatoms. The molecule has 0 saturated carbocycles. The summed E-state index contributed by atoms with van der Waals surface area (Å²) in [5.41, 5.74) is 6.87. The van der Waals surface area contributed by atoms with Gasteiger partial charge in [0.15, 0.2) is 11.5 Å². The Morgan fingerprint density at radius 3 is 2.83 bits per heavy atom. The summed E-state index contributed by atoms with van der Waals surface area (Å²) in [6.45, 7) is 0.108. The van der Waals surface area contributed by atoms with Crippen LogP contribution in [0.25, 0.3) is 0 Å². The number of nitrogens with two attached hydrogens (primary N) is 1. The van der Waals surface area contributed by atoms with Gasteiger partial charge >= 0.3 is 0 Å². The number of hydrogen-bond donors (Lipinski definition) is 3. The molecule has 8 nitrogen and oxygen atoms in total. The second kappa shape index (κ2) is 5.75. The van der Waals surface area contributed by atoms with Gasteiger partial charge in [-0.2, -0.15) is 0 Å². The van der Waals surface area contributed by atoms with E-state index in [1.165, 1.54) is 6.34 Å². The molecule has 1 saturated heterocycles. The molecule has 4 N–H and O–H groups in total. The lowest BCUT2D eigenvalue weighted by Gasteiger charge is -2.31. The van der Waals surface area contributed by atoms with Gasteiger partial charge in [0.1, 0.15) is 31.1 Å². The minimum absolute atomic E-state index is 0.224. The lowest BCUT2D eigenvalue weighted by Crippen LogP contribution is -2.52. The van der Waals surface area contributed by atoms with Crippen LogP contribution in [0.15, 0.2) is 45.3 Å². The molecule has 0 spiro atoms. The average Bonchev–Trinajstić information content (AvgIpc) is 3.20. The van der Waals surface area contributed by atoms with Crippen LogP contribution >= 0.6 is 0 Å². The molecule has 4 atom stereocenters. The molecule has 1 unspecified atom stereocenters. The molecule has 0 aromatic heterocycles. The fraction of sp³-hybridized carbons (Fsp3) is 0.438. The van der Waals surface area contributed by atoms with Gasteiger partial charge in [0.25, 0.3) is 0 Å². The van der Waals surface area contributed by atoms with Crippen LogP contribution in [0.4, 0.5) is 0 Å². The van der Waals surface area contributed by atoms with Gasteiger partial charge in [0, 0.05) is 12.0 Å². The minimum atomic E-state index is -1.08. The summed E-state index contributed by atoms with van der Waals surface area (Å²) in [7, 11) is 0. The van der Waals surface area contributed by atoms with Gasteiger partial charge in [0.2, 0.25) is 0 Å². The minimum Gasteiger partial charge on any atom is -0.394 e. The Morgan fingerprint density at radius 1 is 1.33 bits per heavy atom. The Morgan fingerprint density at radius 2 is 2.12 bits per heavy atom. The Labute approximate surface area is 139 Å². The van der Waals surface area contributed by atoms with E-state index in [9.17, 15) is 10.2 Å². The Balaban J connectivity index is 1.62. The lowest BCUT2D eigenvalue weighted by atomic mass is 9.94. The van der Waals surface area contributed by atoms with Crippen LogP contribution in [0.3, 0.4) is 0 Å². The molecule has 1 aromatic carbocycles. The molecule has 0 bridgehead atoms. The maximum atomic E-state index is 9.96. The van der Waals surface area contributed by atoms with Gasteiger partial charge in [-0.05, 0) is 0 Å². The second-order valence-corrected chi connectivity index (χ2v) is 6.06. The molecule has 3 aliphatic rings. The Kier molecular flexibility index (Phi) is 3.69. The number of rotatable bonds is 3. The van der Waals surface area contributed by atoms with E-state index in [-0.39, 0.29) is 6.61 Å². The summed E-state index contributed by atoms with van der Waals surface area (Å²) in [4.78, 5) is 15.1. The van der Waals surface area contributed by atoms with Gasteiger partial charge in [-0.1, -0.05) is 30.3 Å². The largest absolute Gasteiger partial charge is 0.394 e. The topological polar surface area (TPSA) is 116 Å². The first kappa shape index (κ1) is 15.4. The summed E-state index contributed by atoms with van der Waals surface area (Å²) >= 11 is 0. The highest BCUT2D eigenvalue weighted by atomic mass is 16.5. The molecule has 3 aliphatic heterocycles. The zero-order chi connectivity index (χ0) is 16.7. The van der Waals surface area contributed by atoms with Crippen LogP contribution in [-0.4, -0.2) is 64.7 Å². The number of hydrogen-bond acceptors (Lipinski definition) is 8. The maximum Gasteiger partial charge on any atom is 0.181 e. The molecular formula is C16H19N5O3. The molecule has 1 aromatic rings. The van der Waals surface area contributed by atoms with Crippen molar-refractivity contribution < 1.29 is 14.9 Å². The van der Waals surface area contributed by atoms with Crippen molar-refractivity contribution in [3.63, 3.8) is 0 Å². The van der Waals surface area contributed by atoms with Gasteiger partial charge in [0.05, 0.1) is 12.7 Å². The summed E-state index contributed by atoms with van der Waals surface area (Å²) < 4.78 is 5.72. The molecule has 24 heavy (non-hydrogen) atoms. The average molecular weight is 329 g/mol. The predicted molar refractivity (Wildman–Crippen MR) is 88.7 cm³/mol. The number of ether oxygens (including phenoxy) is 1. The first-order valence-corrected chi connectivity index (χ1v) is 7.85. The Hall–Kier alpha value is -2.13. The lowest BCUT2D eigenvalue weighted by molar-refractivity contribution is -0.0560. The van der Waals surface area contributed by atoms with Crippen molar-refractivity contribution in [3.8, 4) is 0 Å². The third kappa shape index (κ3) is 2.27. The van der Waals surface area contributed by atoms with Gasteiger partial charge in [-0.15, -0.1) is 0 Å². The monoisotopic (exact) mass is 329 g/mol. The first-order valence-electron chi connectivity index (χ1n) is 7.85. The zero-order valence-corrected chi connectivity index (χ0v) is 13.0. The number of amidine groups is 1. The van der Waals surface area contributed by atoms with Crippen LogP contribution in [0, 0.1) is 0 Å². The van der Waals surface area contributed by atoms with Crippen LogP contribution in [0.5, 0.6) is 0 Å². The summed E-state index contributed by atoms with van der Waals surface area (Å²) in [6.07, 6.45) is 0.123. The van der Waals surface area contributed by atoms with Crippen LogP contribution in [-0.2, 0) is 10.4 Å². The van der Waals surface area contributed by atoms with Gasteiger partial charge in [-0.25, -0.2) is 9.98 Å². The zero-order valence-electron chi connectivity index (χ0n) is 13.0. The van der Waals surface area contributed by atoms with Gasteiger partial charge in [-0.3, -0.25) is 10.7 Å². The van der Waals surface area contributed by atoms with Crippen molar-refractivity contribution in [2.24, 2.45) is 20.7 Å². The van der Waals surface area contributed by atoms with Crippen molar-refractivity contribution in [2.45, 2.75) is 30.5 Å². The fourth-order valence-electron chi connectivity index (χ4n) is 3.29. The number of fused-ring (bicyclic) bond motifs is 1. The number of aliphatic hydroxyl groups excluding tert-OH is 2. The molecule has 1 fully saturated rings. The van der Waals surface area contributed by atoms with Gasteiger partial charge < -0.3 is 19.8 Å². The van der Waals surface area contributed by atoms with Crippen LogP contribution < -0.4 is 5.73 Å². The SMILES string of the molecule is NC1(c2ccccc2)N=CN=C2C1=NCN2[C@H]1C[C@H](O)[C@@H](CO)O1. The number of aliphatic imine (C=N–C) groups is 3. The molecule has 0 radical (unpaired) electrons. The van der Waals surface area contributed by atoms with E-state index < -0.39 is 24.1 Å². The molecule has 0 aliphatic carbocycles. The highest BCUT2D eigenvalue weighted by Gasteiger charge is 2.46. The molecule has 4 rings (SSSR count). The third-order valence-electron chi connectivity index (χ3n) is 4.61. The smallest absolute Gasteiger partial charge is 0.181 e. The summed E-state index contributed by atoms with van der Waals surface area (Å²) in [5.74, 6) is 0.604. The van der Waals surface area contributed by atoms with Crippen molar-refractivity contribution in [1.29, 1.82) is 0 Å². The maximum absolute atomic E-state index is 9.96. The van der Waals surface area contributed by atoms with Crippen LogP contribution in [0.1, 0.15) is 12.0 Å². The third-order valence-corrected chi connectivity index (χ3v) is 4.61. The first-order chi connectivity index (χ1) is 11.6. The van der Waals surface area contributed by atoms with Crippen molar-refractivity contribution in [2.75, 3.05) is 13.3 Å². The fourth-order valence-corrected chi connectivity index (χ4v) is 3.29. The van der Waals surface area contributed by atoms with Crippen molar-refractivity contribution in [1.82, 2.24) is 4.90 Å². The van der Waals surface area contributed by atoms with Crippen LogP contribution in [0.2, 0.25) is 0 Å². The van der Waals surface area contributed by atoms with Crippen molar-refractivity contribution in [3.05, 3.63) is 35.9 Å². The quantitative estimate of drug-likeness (QED) is 0.686. The standard InChI is InChI=1S/C16H19N5O3/c17-16(10-4-2-1-3-5-10)14-15(18-8-20-16)21(9-19-14)13-6-11(23)12(7-22)24-13/h1-5,8,11-13,22-23H,6-7,9,17H2/t11-,12+,13+,16?/m0/s1. The summed E-state index contributed by atoms with van der Waals surface area (Å²) in [6, 6.07) is 9.53. The molecule has 3 heterocycles. The number of benzene rings is 1. The number of nitrogens with zero attached hydrogens (tertiary/aromatic N) is 4.